The number of nitrogens with one attached hydrogen (secondary N) is 2. The molecule has 0 heterocycles. The molecule has 6 heteroatoms. The third-order valence-electron chi connectivity index (χ3n) is 4.93. The zero-order valence-electron chi connectivity index (χ0n) is 17.5. The first kappa shape index (κ1) is 21.4. The van der Waals surface area contributed by atoms with Gasteiger partial charge in [0.1, 0.15) is 0 Å². The van der Waals surface area contributed by atoms with Crippen molar-refractivity contribution in [2.45, 2.75) is 19.9 Å². The normalized spacial score (nSPS) is 11.8. The molecule has 1 atom stereocenters. The number of carbonyl (C=O) groups is 2. The lowest BCUT2D eigenvalue weighted by Gasteiger charge is -2.25. The monoisotopic (exact) mass is 382 g/mol. The molecule has 0 aliphatic rings. The second kappa shape index (κ2) is 9.37. The molecule has 2 aromatic carbocycles. The maximum atomic E-state index is 12.3. The third kappa shape index (κ3) is 5.33. The van der Waals surface area contributed by atoms with Crippen LogP contribution in [-0.4, -0.2) is 51.4 Å². The second-order valence-corrected chi connectivity index (χ2v) is 7.38. The van der Waals surface area contributed by atoms with Gasteiger partial charge >= 0.3 is 11.8 Å². The van der Waals surface area contributed by atoms with Gasteiger partial charge < -0.3 is 20.4 Å². The fourth-order valence-corrected chi connectivity index (χ4v) is 2.93. The van der Waals surface area contributed by atoms with Crippen molar-refractivity contribution in [2.24, 2.45) is 0 Å². The lowest BCUT2D eigenvalue weighted by molar-refractivity contribution is -0.136. The predicted molar refractivity (Wildman–Crippen MR) is 115 cm³/mol. The summed E-state index contributed by atoms with van der Waals surface area (Å²) in [6.07, 6.45) is 0. The van der Waals surface area contributed by atoms with Crippen molar-refractivity contribution in [3.05, 3.63) is 59.2 Å². The van der Waals surface area contributed by atoms with Crippen molar-refractivity contribution < 1.29 is 9.59 Å². The van der Waals surface area contributed by atoms with Crippen LogP contribution in [0.5, 0.6) is 0 Å². The van der Waals surface area contributed by atoms with E-state index in [1.54, 1.807) is 6.07 Å². The van der Waals surface area contributed by atoms with Crippen LogP contribution in [0.4, 0.5) is 11.4 Å². The van der Waals surface area contributed by atoms with E-state index in [2.05, 4.69) is 10.6 Å². The lowest BCUT2D eigenvalue weighted by atomic mass is 10.1. The maximum absolute atomic E-state index is 12.3. The van der Waals surface area contributed by atoms with Gasteiger partial charge in [-0.1, -0.05) is 24.3 Å². The summed E-state index contributed by atoms with van der Waals surface area (Å²) in [5, 5.41) is 5.44. The molecule has 0 aliphatic heterocycles. The summed E-state index contributed by atoms with van der Waals surface area (Å²) in [6.45, 7) is 4.23. The molecule has 2 aromatic rings. The van der Waals surface area contributed by atoms with Gasteiger partial charge in [0.2, 0.25) is 0 Å². The number of rotatable bonds is 6. The summed E-state index contributed by atoms with van der Waals surface area (Å²) in [7, 11) is 7.89. The van der Waals surface area contributed by atoms with Crippen LogP contribution in [0, 0.1) is 13.8 Å². The highest BCUT2D eigenvalue weighted by atomic mass is 16.2. The highest BCUT2D eigenvalue weighted by Gasteiger charge is 2.19. The van der Waals surface area contributed by atoms with Gasteiger partial charge in [0.25, 0.3) is 0 Å². The van der Waals surface area contributed by atoms with E-state index in [0.29, 0.717) is 12.2 Å². The lowest BCUT2D eigenvalue weighted by Crippen LogP contribution is -2.40. The maximum Gasteiger partial charge on any atom is 0.313 e. The Labute approximate surface area is 167 Å². The molecular weight excluding hydrogens is 352 g/mol. The van der Waals surface area contributed by atoms with E-state index in [4.69, 9.17) is 0 Å². The van der Waals surface area contributed by atoms with E-state index in [0.717, 1.165) is 22.4 Å². The first-order valence-electron chi connectivity index (χ1n) is 9.29. The van der Waals surface area contributed by atoms with Crippen molar-refractivity contribution in [1.29, 1.82) is 0 Å². The van der Waals surface area contributed by atoms with Gasteiger partial charge in [-0.2, -0.15) is 0 Å². The highest BCUT2D eigenvalue weighted by molar-refractivity contribution is 6.39. The van der Waals surface area contributed by atoms with Gasteiger partial charge in [-0.15, -0.1) is 0 Å². The molecule has 0 saturated heterocycles. The largest absolute Gasteiger partial charge is 0.378 e. The Morgan fingerprint density at radius 3 is 2.14 bits per heavy atom. The van der Waals surface area contributed by atoms with Crippen LogP contribution in [0.1, 0.15) is 22.7 Å². The Kier molecular flexibility index (Phi) is 7.18. The molecule has 0 spiro atoms. The van der Waals surface area contributed by atoms with Gasteiger partial charge in [0.05, 0.1) is 6.04 Å². The van der Waals surface area contributed by atoms with Crippen LogP contribution in [0.25, 0.3) is 0 Å². The summed E-state index contributed by atoms with van der Waals surface area (Å²) in [5.41, 5.74) is 4.86. The molecule has 2 N–H and O–H groups in total. The van der Waals surface area contributed by atoms with E-state index >= 15 is 0 Å². The first-order valence-corrected chi connectivity index (χ1v) is 9.29. The summed E-state index contributed by atoms with van der Waals surface area (Å²) in [5.74, 6) is -1.30. The molecule has 0 saturated carbocycles. The minimum atomic E-state index is -0.658. The van der Waals surface area contributed by atoms with E-state index < -0.39 is 11.8 Å². The van der Waals surface area contributed by atoms with Gasteiger partial charge in [-0.25, -0.2) is 0 Å². The molecule has 2 amide bonds. The van der Waals surface area contributed by atoms with Crippen LogP contribution < -0.4 is 15.5 Å². The van der Waals surface area contributed by atoms with E-state index in [1.165, 1.54) is 0 Å². The standard InChI is InChI=1S/C22H30N4O2/c1-15-8-7-9-19(16(15)2)24-22(28)21(27)23-14-20(26(5)6)17-10-12-18(13-11-17)25(3)4/h7-13,20H,14H2,1-6H3,(H,23,27)(H,24,28)/t20-/m0/s1. The van der Waals surface area contributed by atoms with Crippen molar-refractivity contribution in [3.63, 3.8) is 0 Å². The Hall–Kier alpha value is -2.86. The number of hydrogen-bond acceptors (Lipinski definition) is 4. The van der Waals surface area contributed by atoms with Crippen LogP contribution in [0.2, 0.25) is 0 Å². The Balaban J connectivity index is 2.01. The average molecular weight is 383 g/mol. The SMILES string of the molecule is Cc1cccc(NC(=O)C(=O)NC[C@@H](c2ccc(N(C)C)cc2)N(C)C)c1C. The van der Waals surface area contributed by atoms with E-state index in [9.17, 15) is 9.59 Å². The number of likely N-dealkylation sites (N-methyl/N-ethyl adjacent to an activating group) is 1. The molecule has 150 valence electrons. The molecule has 0 aliphatic carbocycles. The predicted octanol–water partition coefficient (Wildman–Crippen LogP) is 2.73. The number of nitrogens with zero attached hydrogens (tertiary/aromatic N) is 2. The number of carbonyl (C=O) groups excluding carboxylic acids is 2. The van der Waals surface area contributed by atoms with E-state index in [-0.39, 0.29) is 6.04 Å². The summed E-state index contributed by atoms with van der Waals surface area (Å²) in [4.78, 5) is 28.6. The van der Waals surface area contributed by atoms with Crippen molar-refractivity contribution in [1.82, 2.24) is 10.2 Å². The number of anilines is 2. The first-order chi connectivity index (χ1) is 13.2. The average Bonchev–Trinajstić information content (AvgIpc) is 2.65. The smallest absolute Gasteiger partial charge is 0.313 e. The quantitative estimate of drug-likeness (QED) is 0.754. The Morgan fingerprint density at radius 1 is 0.929 bits per heavy atom. The van der Waals surface area contributed by atoms with Crippen LogP contribution >= 0.6 is 0 Å². The van der Waals surface area contributed by atoms with Crippen molar-refractivity contribution in [3.8, 4) is 0 Å². The highest BCUT2D eigenvalue weighted by Crippen LogP contribution is 2.21. The Bertz CT molecular complexity index is 829. The van der Waals surface area contributed by atoms with Gasteiger partial charge in [0.15, 0.2) is 0 Å². The van der Waals surface area contributed by atoms with Crippen LogP contribution in [0.3, 0.4) is 0 Å². The summed E-state index contributed by atoms with van der Waals surface area (Å²) < 4.78 is 0. The fraction of sp³-hybridized carbons (Fsp3) is 0.364. The number of amides is 2. The molecule has 0 aromatic heterocycles. The van der Waals surface area contributed by atoms with Gasteiger partial charge in [0, 0.05) is 32.0 Å². The molecule has 0 fully saturated rings. The molecule has 2 rings (SSSR count). The number of aryl methyl sites for hydroxylation is 1. The Morgan fingerprint density at radius 2 is 1.57 bits per heavy atom. The molecule has 0 bridgehead atoms. The van der Waals surface area contributed by atoms with Crippen LogP contribution in [-0.2, 0) is 9.59 Å². The zero-order chi connectivity index (χ0) is 20.8. The minimum Gasteiger partial charge on any atom is -0.378 e. The molecule has 0 radical (unpaired) electrons. The molecule has 0 unspecified atom stereocenters. The topological polar surface area (TPSA) is 64.7 Å². The van der Waals surface area contributed by atoms with Crippen LogP contribution in [0.15, 0.2) is 42.5 Å². The molecule has 6 nitrogen and oxygen atoms in total. The van der Waals surface area contributed by atoms with Gasteiger partial charge in [-0.05, 0) is 62.8 Å². The second-order valence-electron chi connectivity index (χ2n) is 7.38. The van der Waals surface area contributed by atoms with Gasteiger partial charge in [-0.3, -0.25) is 9.59 Å². The third-order valence-corrected chi connectivity index (χ3v) is 4.93. The summed E-state index contributed by atoms with van der Waals surface area (Å²) in [6, 6.07) is 13.8. The molecule has 28 heavy (non-hydrogen) atoms. The summed E-state index contributed by atoms with van der Waals surface area (Å²) >= 11 is 0. The number of benzene rings is 2. The number of hydrogen-bond donors (Lipinski definition) is 2. The molecular formula is C22H30N4O2. The van der Waals surface area contributed by atoms with E-state index in [1.807, 2.05) is 88.2 Å². The fourth-order valence-electron chi connectivity index (χ4n) is 2.93. The van der Waals surface area contributed by atoms with Crippen molar-refractivity contribution >= 4 is 23.2 Å². The minimum absolute atomic E-state index is 0.0336. The van der Waals surface area contributed by atoms with Crippen molar-refractivity contribution in [2.75, 3.05) is 45.0 Å². The zero-order valence-corrected chi connectivity index (χ0v) is 17.5.